The highest BCUT2D eigenvalue weighted by molar-refractivity contribution is 5.44. The van der Waals surface area contributed by atoms with E-state index in [4.69, 9.17) is 14.6 Å². The number of aromatic nitrogens is 2. The number of hydrogen-bond donors (Lipinski definition) is 1. The van der Waals surface area contributed by atoms with E-state index in [-0.39, 0.29) is 6.10 Å². The quantitative estimate of drug-likeness (QED) is 0.357. The summed E-state index contributed by atoms with van der Waals surface area (Å²) in [5.74, 6) is 2.91. The summed E-state index contributed by atoms with van der Waals surface area (Å²) in [7, 11) is 1.66. The Hall–Kier alpha value is -2.83. The number of para-hydroxylation sites is 1. The van der Waals surface area contributed by atoms with Gasteiger partial charge in [-0.2, -0.15) is 5.10 Å². The molecule has 0 spiro atoms. The van der Waals surface area contributed by atoms with Gasteiger partial charge in [-0.25, -0.2) is 4.68 Å². The summed E-state index contributed by atoms with van der Waals surface area (Å²) in [6, 6.07) is 17.8. The number of aryl methyl sites for hydroxylation is 1. The van der Waals surface area contributed by atoms with Gasteiger partial charge < -0.3 is 14.6 Å². The Balaban J connectivity index is 1.72. The van der Waals surface area contributed by atoms with Crippen LogP contribution in [0.4, 0.5) is 0 Å². The highest BCUT2D eigenvalue weighted by Crippen LogP contribution is 2.35. The Kier molecular flexibility index (Phi) is 8.25. The van der Waals surface area contributed by atoms with Crippen molar-refractivity contribution in [2.45, 2.75) is 58.6 Å². The monoisotopic (exact) mass is 463 g/mol. The third-order valence-corrected chi connectivity index (χ3v) is 6.30. The average molecular weight is 464 g/mol. The van der Waals surface area contributed by atoms with Crippen molar-refractivity contribution >= 4 is 0 Å². The van der Waals surface area contributed by atoms with Crippen LogP contribution in [-0.4, -0.2) is 46.1 Å². The summed E-state index contributed by atoms with van der Waals surface area (Å²) in [6.45, 7) is 6.62. The maximum Gasteiger partial charge on any atom is 0.227 e. The zero-order valence-corrected chi connectivity index (χ0v) is 20.6. The SMILES string of the molecule is CCCC(O)CN(Cc1c(CC)nn(-c2ccccc2)c1Oc1cccc(OC)c1)CC1CC1. The van der Waals surface area contributed by atoms with Crippen LogP contribution in [0.25, 0.3) is 5.69 Å². The minimum absolute atomic E-state index is 0.319. The van der Waals surface area contributed by atoms with E-state index in [1.54, 1.807) is 7.11 Å². The Labute approximate surface area is 203 Å². The van der Waals surface area contributed by atoms with Crippen LogP contribution < -0.4 is 9.47 Å². The molecule has 3 aromatic rings. The molecule has 6 heteroatoms. The molecule has 1 saturated carbocycles. The van der Waals surface area contributed by atoms with Gasteiger partial charge in [-0.05, 0) is 55.9 Å². The lowest BCUT2D eigenvalue weighted by atomic mass is 10.1. The van der Waals surface area contributed by atoms with Gasteiger partial charge in [-0.3, -0.25) is 4.90 Å². The van der Waals surface area contributed by atoms with Crippen molar-refractivity contribution in [2.75, 3.05) is 20.2 Å². The summed E-state index contributed by atoms with van der Waals surface area (Å²) in [5, 5.41) is 15.6. The number of hydrogen-bond acceptors (Lipinski definition) is 5. The van der Waals surface area contributed by atoms with E-state index in [0.29, 0.717) is 18.8 Å². The molecule has 0 saturated heterocycles. The van der Waals surface area contributed by atoms with Crippen molar-refractivity contribution in [3.05, 3.63) is 65.9 Å². The Morgan fingerprint density at radius 2 is 1.85 bits per heavy atom. The molecule has 0 bridgehead atoms. The van der Waals surface area contributed by atoms with Crippen molar-refractivity contribution < 1.29 is 14.6 Å². The van der Waals surface area contributed by atoms with Gasteiger partial charge in [0.05, 0.1) is 30.2 Å². The van der Waals surface area contributed by atoms with Crippen molar-refractivity contribution in [2.24, 2.45) is 5.92 Å². The second kappa shape index (κ2) is 11.5. The zero-order valence-electron chi connectivity index (χ0n) is 20.6. The molecule has 1 aliphatic rings. The molecule has 1 aliphatic carbocycles. The van der Waals surface area contributed by atoms with Crippen LogP contribution in [0.2, 0.25) is 0 Å². The molecular formula is C28H37N3O3. The molecule has 4 rings (SSSR count). The number of aliphatic hydroxyl groups is 1. The second-order valence-corrected chi connectivity index (χ2v) is 9.19. The first-order valence-corrected chi connectivity index (χ1v) is 12.5. The molecule has 1 atom stereocenters. The first-order valence-electron chi connectivity index (χ1n) is 12.5. The third kappa shape index (κ3) is 6.19. The number of benzene rings is 2. The molecule has 1 heterocycles. The number of ether oxygens (including phenoxy) is 2. The molecule has 34 heavy (non-hydrogen) atoms. The van der Waals surface area contributed by atoms with E-state index in [9.17, 15) is 5.11 Å². The predicted molar refractivity (Wildman–Crippen MR) is 135 cm³/mol. The number of aliphatic hydroxyl groups excluding tert-OH is 1. The Morgan fingerprint density at radius 1 is 1.09 bits per heavy atom. The van der Waals surface area contributed by atoms with Gasteiger partial charge in [0.2, 0.25) is 5.88 Å². The number of methoxy groups -OCH3 is 1. The van der Waals surface area contributed by atoms with Crippen molar-refractivity contribution in [3.8, 4) is 23.1 Å². The van der Waals surface area contributed by atoms with E-state index >= 15 is 0 Å². The molecule has 1 N–H and O–H groups in total. The molecule has 1 aromatic heterocycles. The van der Waals surface area contributed by atoms with E-state index in [1.165, 1.54) is 12.8 Å². The molecule has 182 valence electrons. The van der Waals surface area contributed by atoms with Gasteiger partial charge in [0.25, 0.3) is 0 Å². The van der Waals surface area contributed by atoms with Crippen molar-refractivity contribution in [1.82, 2.24) is 14.7 Å². The fourth-order valence-electron chi connectivity index (χ4n) is 4.36. The zero-order chi connectivity index (χ0) is 23.9. The lowest BCUT2D eigenvalue weighted by molar-refractivity contribution is 0.0977. The predicted octanol–water partition coefficient (Wildman–Crippen LogP) is 5.61. The summed E-state index contributed by atoms with van der Waals surface area (Å²) in [5.41, 5.74) is 3.06. The van der Waals surface area contributed by atoms with Crippen LogP contribution in [-0.2, 0) is 13.0 Å². The van der Waals surface area contributed by atoms with Gasteiger partial charge in [0.1, 0.15) is 11.5 Å². The molecule has 6 nitrogen and oxygen atoms in total. The van der Waals surface area contributed by atoms with Crippen LogP contribution in [0.3, 0.4) is 0 Å². The molecule has 0 amide bonds. The van der Waals surface area contributed by atoms with Gasteiger partial charge >= 0.3 is 0 Å². The Morgan fingerprint density at radius 3 is 2.53 bits per heavy atom. The first kappa shape index (κ1) is 24.3. The Bertz CT molecular complexity index is 1050. The van der Waals surface area contributed by atoms with E-state index in [1.807, 2.05) is 59.3 Å². The molecule has 1 unspecified atom stereocenters. The van der Waals surface area contributed by atoms with Gasteiger partial charge in [-0.1, -0.05) is 44.5 Å². The topological polar surface area (TPSA) is 59.8 Å². The van der Waals surface area contributed by atoms with Crippen LogP contribution >= 0.6 is 0 Å². The smallest absolute Gasteiger partial charge is 0.227 e. The molecule has 2 aromatic carbocycles. The highest BCUT2D eigenvalue weighted by atomic mass is 16.5. The molecule has 0 radical (unpaired) electrons. The van der Waals surface area contributed by atoms with Crippen molar-refractivity contribution in [1.29, 1.82) is 0 Å². The second-order valence-electron chi connectivity index (χ2n) is 9.19. The highest BCUT2D eigenvalue weighted by Gasteiger charge is 2.28. The lowest BCUT2D eigenvalue weighted by Gasteiger charge is -2.25. The fourth-order valence-corrected chi connectivity index (χ4v) is 4.36. The lowest BCUT2D eigenvalue weighted by Crippen LogP contribution is -2.34. The normalized spacial score (nSPS) is 14.4. The fraction of sp³-hybridized carbons (Fsp3) is 0.464. The third-order valence-electron chi connectivity index (χ3n) is 6.30. The minimum atomic E-state index is -0.319. The van der Waals surface area contributed by atoms with Crippen LogP contribution in [0, 0.1) is 5.92 Å². The van der Waals surface area contributed by atoms with Gasteiger partial charge in [0.15, 0.2) is 0 Å². The summed E-state index contributed by atoms with van der Waals surface area (Å²) in [4.78, 5) is 2.39. The largest absolute Gasteiger partial charge is 0.497 e. The average Bonchev–Trinajstić information content (AvgIpc) is 3.61. The van der Waals surface area contributed by atoms with Gasteiger partial charge in [-0.15, -0.1) is 0 Å². The van der Waals surface area contributed by atoms with Gasteiger partial charge in [0, 0.05) is 25.7 Å². The summed E-state index contributed by atoms with van der Waals surface area (Å²) >= 11 is 0. The number of nitrogens with zero attached hydrogens (tertiary/aromatic N) is 3. The number of rotatable bonds is 13. The van der Waals surface area contributed by atoms with Crippen LogP contribution in [0.1, 0.15) is 50.8 Å². The van der Waals surface area contributed by atoms with Crippen LogP contribution in [0.5, 0.6) is 17.4 Å². The molecule has 1 fully saturated rings. The maximum absolute atomic E-state index is 10.6. The van der Waals surface area contributed by atoms with E-state index < -0.39 is 0 Å². The van der Waals surface area contributed by atoms with E-state index in [0.717, 1.165) is 60.3 Å². The molecular weight excluding hydrogens is 426 g/mol. The van der Waals surface area contributed by atoms with Crippen LogP contribution in [0.15, 0.2) is 54.6 Å². The standard InChI is InChI=1S/C28H37N3O3/c1-4-10-23(32)19-30(18-21-15-16-21)20-26-27(5-2)29-31(22-11-7-6-8-12-22)28(26)34-25-14-9-13-24(17-25)33-3/h6-9,11-14,17,21,23,32H,4-5,10,15-16,18-20H2,1-3H3. The van der Waals surface area contributed by atoms with E-state index in [2.05, 4.69) is 18.7 Å². The summed E-state index contributed by atoms with van der Waals surface area (Å²) in [6.07, 6.45) is 4.83. The first-order chi connectivity index (χ1) is 16.6. The maximum atomic E-state index is 10.6. The minimum Gasteiger partial charge on any atom is -0.497 e. The molecule has 0 aliphatic heterocycles. The van der Waals surface area contributed by atoms with Crippen molar-refractivity contribution in [3.63, 3.8) is 0 Å². The summed E-state index contributed by atoms with van der Waals surface area (Å²) < 4.78 is 13.8.